The summed E-state index contributed by atoms with van der Waals surface area (Å²) in [6, 6.07) is 7.99. The number of nitrogens with two attached hydrogens (primary N) is 1. The fourth-order valence-electron chi connectivity index (χ4n) is 1.26. The maximum absolute atomic E-state index is 11.6. The van der Waals surface area contributed by atoms with Gasteiger partial charge in [0.15, 0.2) is 0 Å². The quantitative estimate of drug-likeness (QED) is 0.749. The lowest BCUT2D eigenvalue weighted by molar-refractivity contribution is -0.148. The van der Waals surface area contributed by atoms with Crippen molar-refractivity contribution in [1.29, 1.82) is 0 Å². The number of amides is 1. The Morgan fingerprint density at radius 2 is 1.89 bits per heavy atom. The fraction of sp³-hybridized carbons (Fsp3) is 0.385. The van der Waals surface area contributed by atoms with Gasteiger partial charge in [-0.25, -0.2) is 4.79 Å². The zero-order chi connectivity index (χ0) is 13.5. The molecule has 1 amide bonds. The Bertz CT molecular complexity index is 404. The summed E-state index contributed by atoms with van der Waals surface area (Å²) in [4.78, 5) is 22.9. The summed E-state index contributed by atoms with van der Waals surface area (Å²) in [5.41, 5.74) is 6.28. The minimum Gasteiger partial charge on any atom is -0.459 e. The van der Waals surface area contributed by atoms with E-state index in [1.807, 2.05) is 30.3 Å². The summed E-state index contributed by atoms with van der Waals surface area (Å²) in [7, 11) is 0. The van der Waals surface area contributed by atoms with Gasteiger partial charge in [-0.05, 0) is 19.4 Å². The van der Waals surface area contributed by atoms with Crippen molar-refractivity contribution in [3.63, 3.8) is 0 Å². The Kier molecular flexibility index (Phi) is 5.32. The molecule has 0 saturated carbocycles. The number of hydrogen-bond donors (Lipinski definition) is 2. The van der Waals surface area contributed by atoms with Crippen LogP contribution < -0.4 is 11.1 Å². The van der Waals surface area contributed by atoms with E-state index >= 15 is 0 Å². The van der Waals surface area contributed by atoms with Crippen molar-refractivity contribution in [1.82, 2.24) is 5.32 Å². The molecule has 1 aromatic carbocycles. The zero-order valence-electron chi connectivity index (χ0n) is 10.6. The molecule has 0 aliphatic rings. The Hall–Kier alpha value is -1.88. The molecule has 5 nitrogen and oxygen atoms in total. The maximum atomic E-state index is 11.6. The number of esters is 1. The van der Waals surface area contributed by atoms with Crippen LogP contribution in [0.3, 0.4) is 0 Å². The van der Waals surface area contributed by atoms with E-state index in [9.17, 15) is 9.59 Å². The van der Waals surface area contributed by atoms with E-state index in [2.05, 4.69) is 5.32 Å². The molecule has 2 atom stereocenters. The number of rotatable bonds is 5. The molecule has 98 valence electrons. The van der Waals surface area contributed by atoms with Crippen LogP contribution in [0.5, 0.6) is 0 Å². The van der Waals surface area contributed by atoms with Gasteiger partial charge in [-0.1, -0.05) is 30.3 Å². The summed E-state index contributed by atoms with van der Waals surface area (Å²) in [6.07, 6.45) is 0. The van der Waals surface area contributed by atoms with Gasteiger partial charge >= 0.3 is 5.97 Å². The largest absolute Gasteiger partial charge is 0.459 e. The summed E-state index contributed by atoms with van der Waals surface area (Å²) in [5.74, 6) is -0.855. The lowest BCUT2D eigenvalue weighted by Gasteiger charge is -2.14. The van der Waals surface area contributed by atoms with Gasteiger partial charge in [0, 0.05) is 0 Å². The van der Waals surface area contributed by atoms with E-state index in [1.165, 1.54) is 0 Å². The second-order valence-electron chi connectivity index (χ2n) is 4.11. The second-order valence-corrected chi connectivity index (χ2v) is 4.11. The summed E-state index contributed by atoms with van der Waals surface area (Å²) in [5, 5.41) is 2.48. The van der Waals surface area contributed by atoms with E-state index in [0.717, 1.165) is 5.56 Å². The van der Waals surface area contributed by atoms with E-state index in [-0.39, 0.29) is 12.5 Å². The molecule has 0 saturated heterocycles. The Morgan fingerprint density at radius 3 is 2.44 bits per heavy atom. The predicted octanol–water partition coefficient (Wildman–Crippen LogP) is 0.582. The van der Waals surface area contributed by atoms with Gasteiger partial charge < -0.3 is 15.8 Å². The highest BCUT2D eigenvalue weighted by Gasteiger charge is 2.18. The van der Waals surface area contributed by atoms with Gasteiger partial charge in [0.05, 0.1) is 6.04 Å². The van der Waals surface area contributed by atoms with E-state index in [1.54, 1.807) is 13.8 Å². The molecule has 0 spiro atoms. The molecule has 1 rings (SSSR count). The molecular formula is C13H18N2O3. The molecule has 1 aromatic rings. The first-order valence-electron chi connectivity index (χ1n) is 5.77. The van der Waals surface area contributed by atoms with Crippen molar-refractivity contribution >= 4 is 11.9 Å². The topological polar surface area (TPSA) is 81.4 Å². The van der Waals surface area contributed by atoms with Crippen LogP contribution in [0.1, 0.15) is 19.4 Å². The van der Waals surface area contributed by atoms with Crippen LogP contribution in [0, 0.1) is 0 Å². The smallest absolute Gasteiger partial charge is 0.328 e. The normalized spacial score (nSPS) is 13.5. The van der Waals surface area contributed by atoms with Gasteiger partial charge in [0.1, 0.15) is 12.6 Å². The van der Waals surface area contributed by atoms with Gasteiger partial charge in [-0.3, -0.25) is 4.79 Å². The highest BCUT2D eigenvalue weighted by atomic mass is 16.5. The van der Waals surface area contributed by atoms with Crippen LogP contribution >= 0.6 is 0 Å². The van der Waals surface area contributed by atoms with Crippen molar-refractivity contribution in [2.75, 3.05) is 0 Å². The molecule has 5 heteroatoms. The standard InChI is InChI=1S/C13H18N2O3/c1-9(14)12(16)15-10(2)13(17)18-8-11-6-4-3-5-7-11/h3-7,9-10H,8,14H2,1-2H3,(H,15,16)/t9?,10-/m1/s1. The molecule has 0 aliphatic carbocycles. The molecular weight excluding hydrogens is 232 g/mol. The van der Waals surface area contributed by atoms with Crippen molar-refractivity contribution in [2.45, 2.75) is 32.5 Å². The first-order chi connectivity index (χ1) is 8.50. The van der Waals surface area contributed by atoms with Crippen LogP contribution in [0.4, 0.5) is 0 Å². The van der Waals surface area contributed by atoms with Crippen LogP contribution in [-0.4, -0.2) is 24.0 Å². The molecule has 0 heterocycles. The average molecular weight is 250 g/mol. The van der Waals surface area contributed by atoms with E-state index < -0.39 is 18.1 Å². The summed E-state index contributed by atoms with van der Waals surface area (Å²) < 4.78 is 5.08. The Balaban J connectivity index is 2.39. The summed E-state index contributed by atoms with van der Waals surface area (Å²) in [6.45, 7) is 3.31. The highest BCUT2D eigenvalue weighted by molar-refractivity contribution is 5.86. The maximum Gasteiger partial charge on any atom is 0.328 e. The number of carbonyl (C=O) groups is 2. The lowest BCUT2D eigenvalue weighted by Crippen LogP contribution is -2.46. The summed E-state index contributed by atoms with van der Waals surface area (Å²) >= 11 is 0. The fourth-order valence-corrected chi connectivity index (χ4v) is 1.26. The molecule has 0 radical (unpaired) electrons. The Labute approximate surface area is 106 Å². The third kappa shape index (κ3) is 4.55. The monoisotopic (exact) mass is 250 g/mol. The van der Waals surface area contributed by atoms with Gasteiger partial charge in [-0.15, -0.1) is 0 Å². The molecule has 0 fully saturated rings. The molecule has 0 aliphatic heterocycles. The van der Waals surface area contributed by atoms with Crippen LogP contribution in [0.25, 0.3) is 0 Å². The van der Waals surface area contributed by atoms with Crippen molar-refractivity contribution in [3.8, 4) is 0 Å². The van der Waals surface area contributed by atoms with Gasteiger partial charge in [0.2, 0.25) is 5.91 Å². The van der Waals surface area contributed by atoms with Crippen LogP contribution in [0.15, 0.2) is 30.3 Å². The third-order valence-corrected chi connectivity index (χ3v) is 2.35. The number of benzene rings is 1. The van der Waals surface area contributed by atoms with Crippen molar-refractivity contribution in [2.24, 2.45) is 5.73 Å². The van der Waals surface area contributed by atoms with E-state index in [0.29, 0.717) is 0 Å². The SMILES string of the molecule is CC(N)C(=O)N[C@H](C)C(=O)OCc1ccccc1. The van der Waals surface area contributed by atoms with Crippen LogP contribution in [0.2, 0.25) is 0 Å². The van der Waals surface area contributed by atoms with Crippen molar-refractivity contribution < 1.29 is 14.3 Å². The number of nitrogens with one attached hydrogen (secondary N) is 1. The first-order valence-corrected chi connectivity index (χ1v) is 5.77. The first kappa shape index (κ1) is 14.2. The molecule has 18 heavy (non-hydrogen) atoms. The van der Waals surface area contributed by atoms with Gasteiger partial charge in [-0.2, -0.15) is 0 Å². The second kappa shape index (κ2) is 6.76. The minimum absolute atomic E-state index is 0.193. The highest BCUT2D eigenvalue weighted by Crippen LogP contribution is 2.01. The average Bonchev–Trinajstić information content (AvgIpc) is 2.36. The van der Waals surface area contributed by atoms with Crippen molar-refractivity contribution in [3.05, 3.63) is 35.9 Å². The molecule has 1 unspecified atom stereocenters. The Morgan fingerprint density at radius 1 is 1.28 bits per heavy atom. The number of hydrogen-bond acceptors (Lipinski definition) is 4. The minimum atomic E-state index is -0.702. The number of ether oxygens (including phenoxy) is 1. The zero-order valence-corrected chi connectivity index (χ0v) is 10.6. The molecule has 0 bridgehead atoms. The molecule has 0 aromatic heterocycles. The number of carbonyl (C=O) groups excluding carboxylic acids is 2. The van der Waals surface area contributed by atoms with Crippen LogP contribution in [-0.2, 0) is 20.9 Å². The van der Waals surface area contributed by atoms with Gasteiger partial charge in [0.25, 0.3) is 0 Å². The predicted molar refractivity (Wildman–Crippen MR) is 67.5 cm³/mol. The lowest BCUT2D eigenvalue weighted by atomic mass is 10.2. The van der Waals surface area contributed by atoms with E-state index in [4.69, 9.17) is 10.5 Å². The molecule has 3 N–H and O–H groups in total. The third-order valence-electron chi connectivity index (χ3n) is 2.35.